The fourth-order valence-corrected chi connectivity index (χ4v) is 6.75. The Labute approximate surface area is 267 Å². The van der Waals surface area contributed by atoms with E-state index in [2.05, 4.69) is 36.6 Å². The average molecular weight is 666 g/mol. The number of hydrazone groups is 1. The number of benzene rings is 2. The largest absolute Gasteiger partial charge is 0.416 e. The number of nitrogens with two attached hydrogens (primary N) is 1. The highest BCUT2D eigenvalue weighted by Gasteiger charge is 2.38. The zero-order chi connectivity index (χ0) is 34.1. The van der Waals surface area contributed by atoms with Crippen molar-refractivity contribution in [3.8, 4) is 0 Å². The summed E-state index contributed by atoms with van der Waals surface area (Å²) in [6.07, 6.45) is -7.02. The number of rotatable bonds is 6. The Hall–Kier alpha value is -4.44. The number of hydrogen-bond donors (Lipinski definition) is 2. The molecule has 1 atom stereocenters. The average Bonchev–Trinajstić information content (AvgIpc) is 3.35. The lowest BCUT2D eigenvalue weighted by Crippen LogP contribution is -2.41. The smallest absolute Gasteiger partial charge is 0.371 e. The molecular weight excluding hydrogens is 628 g/mol. The summed E-state index contributed by atoms with van der Waals surface area (Å²) in [6.45, 7) is 6.42. The van der Waals surface area contributed by atoms with E-state index < -0.39 is 29.5 Å². The highest BCUT2D eigenvalue weighted by molar-refractivity contribution is 5.79. The lowest BCUT2D eigenvalue weighted by atomic mass is 9.93. The minimum Gasteiger partial charge on any atom is -0.371 e. The van der Waals surface area contributed by atoms with Crippen LogP contribution in [0, 0.1) is 25.3 Å². The van der Waals surface area contributed by atoms with Crippen molar-refractivity contribution in [1.82, 2.24) is 25.1 Å². The van der Waals surface area contributed by atoms with Crippen LogP contribution in [-0.4, -0.2) is 57.2 Å². The zero-order valence-electron chi connectivity index (χ0n) is 26.3. The van der Waals surface area contributed by atoms with Gasteiger partial charge in [0.25, 0.3) is 11.9 Å². The third-order valence-corrected chi connectivity index (χ3v) is 8.78. The molecule has 2 aliphatic rings. The summed E-state index contributed by atoms with van der Waals surface area (Å²) >= 11 is 0. The molecule has 17 heteroatoms. The first-order valence-electron chi connectivity index (χ1n) is 15.2. The number of nitrogens with one attached hydrogen (secondary N) is 1. The van der Waals surface area contributed by atoms with Crippen molar-refractivity contribution in [2.45, 2.75) is 64.5 Å². The summed E-state index contributed by atoms with van der Waals surface area (Å²) in [6, 6.07) is 5.28. The fraction of sp³-hybridized carbons (Fsp3) is 0.533. The number of anilines is 2. The molecule has 0 aliphatic carbocycles. The van der Waals surface area contributed by atoms with Crippen molar-refractivity contribution in [1.29, 1.82) is 5.53 Å². The molecule has 254 valence electrons. The van der Waals surface area contributed by atoms with E-state index in [1.807, 2.05) is 24.8 Å². The molecule has 1 fully saturated rings. The van der Waals surface area contributed by atoms with E-state index in [1.165, 1.54) is 4.80 Å². The van der Waals surface area contributed by atoms with Gasteiger partial charge in [-0.3, -0.25) is 0 Å². The van der Waals surface area contributed by atoms with Crippen LogP contribution in [0.1, 0.15) is 65.1 Å². The number of aromatic nitrogens is 4. The van der Waals surface area contributed by atoms with Crippen LogP contribution in [0.3, 0.4) is 0 Å². The second-order valence-electron chi connectivity index (χ2n) is 12.2. The summed E-state index contributed by atoms with van der Waals surface area (Å²) in [7, 11) is 1.55. The van der Waals surface area contributed by atoms with Crippen LogP contribution < -0.4 is 15.6 Å². The number of nitrogens with zero attached hydrogens (tertiary/aromatic N) is 9. The van der Waals surface area contributed by atoms with Crippen molar-refractivity contribution in [3.05, 3.63) is 63.7 Å². The Balaban J connectivity index is 1.52. The van der Waals surface area contributed by atoms with Crippen LogP contribution in [-0.2, 0) is 25.9 Å². The zero-order valence-corrected chi connectivity index (χ0v) is 26.3. The number of guanidine groups is 1. The molecule has 0 radical (unpaired) electrons. The van der Waals surface area contributed by atoms with Crippen LogP contribution in [0.25, 0.3) is 0 Å². The first-order valence-corrected chi connectivity index (χ1v) is 15.2. The van der Waals surface area contributed by atoms with Crippen molar-refractivity contribution < 1.29 is 26.3 Å². The number of piperidine rings is 1. The lowest BCUT2D eigenvalue weighted by Gasteiger charge is -2.37. The van der Waals surface area contributed by atoms with Gasteiger partial charge in [-0.05, 0) is 85.6 Å². The van der Waals surface area contributed by atoms with Gasteiger partial charge in [0.2, 0.25) is 0 Å². The molecule has 2 aliphatic heterocycles. The normalized spacial score (nSPS) is 18.2. The van der Waals surface area contributed by atoms with Gasteiger partial charge in [-0.15, -0.1) is 15.3 Å². The van der Waals surface area contributed by atoms with Gasteiger partial charge in [0.05, 0.1) is 24.2 Å². The Bertz CT molecular complexity index is 1580. The maximum Gasteiger partial charge on any atom is 0.416 e. The molecule has 0 bridgehead atoms. The van der Waals surface area contributed by atoms with E-state index >= 15 is 0 Å². The number of hydrogen-bond acceptors (Lipinski definition) is 8. The van der Waals surface area contributed by atoms with Gasteiger partial charge in [-0.2, -0.15) is 31.1 Å². The molecule has 1 aromatic heterocycles. The van der Waals surface area contributed by atoms with Gasteiger partial charge in [0, 0.05) is 38.4 Å². The molecule has 11 nitrogen and oxygen atoms in total. The second kappa shape index (κ2) is 13.4. The van der Waals surface area contributed by atoms with Crippen LogP contribution in [0.15, 0.2) is 40.5 Å². The van der Waals surface area contributed by atoms with Crippen molar-refractivity contribution >= 4 is 17.6 Å². The molecule has 0 unspecified atom stereocenters. The minimum atomic E-state index is -4.97. The summed E-state index contributed by atoms with van der Waals surface area (Å²) < 4.78 is 82.7. The standard InChI is InChI=1S/C30H37F6N11/c1-18-11-19(2)26-24(12-18)25(5-4-8-46(26)16-20-6-9-45(10-7-20)27(39-37)40-38)47(28-41-43-44(3)42-28)17-21-13-22(29(31,32)33)15-23(14-21)30(34,35)36/h11-15,20,25,37H,4-10,16-17,38H2,1-3H3/t25-/m0/s1. The van der Waals surface area contributed by atoms with Crippen molar-refractivity contribution in [2.75, 3.05) is 36.0 Å². The Morgan fingerprint density at radius 2 is 1.64 bits per heavy atom. The molecule has 5 rings (SSSR count). The minimum absolute atomic E-state index is 0.103. The predicted octanol–water partition coefficient (Wildman–Crippen LogP) is 6.19. The quantitative estimate of drug-likeness (QED) is 0.0803. The molecule has 3 heterocycles. The van der Waals surface area contributed by atoms with Gasteiger partial charge < -0.3 is 20.5 Å². The molecule has 3 N–H and O–H groups in total. The number of likely N-dealkylation sites (tertiary alicyclic amines) is 1. The van der Waals surface area contributed by atoms with Gasteiger partial charge in [0.1, 0.15) is 0 Å². The first-order chi connectivity index (χ1) is 22.2. The third-order valence-electron chi connectivity index (χ3n) is 8.78. The maximum absolute atomic E-state index is 13.8. The van der Waals surface area contributed by atoms with Gasteiger partial charge in [0.15, 0.2) is 0 Å². The predicted molar refractivity (Wildman–Crippen MR) is 163 cm³/mol. The molecule has 0 saturated carbocycles. The fourth-order valence-electron chi connectivity index (χ4n) is 6.75. The van der Waals surface area contributed by atoms with Crippen molar-refractivity contribution in [2.24, 2.45) is 29.0 Å². The number of halogens is 6. The molecule has 2 aromatic carbocycles. The number of alkyl halides is 6. The van der Waals surface area contributed by atoms with E-state index in [9.17, 15) is 26.3 Å². The Morgan fingerprint density at radius 1 is 0.979 bits per heavy atom. The number of tetrazole rings is 1. The van der Waals surface area contributed by atoms with Crippen LogP contribution in [0.5, 0.6) is 0 Å². The maximum atomic E-state index is 13.8. The summed E-state index contributed by atoms with van der Waals surface area (Å²) in [4.78, 5) is 7.10. The van der Waals surface area contributed by atoms with Crippen LogP contribution in [0.2, 0.25) is 0 Å². The molecule has 3 aromatic rings. The molecule has 0 spiro atoms. The van der Waals surface area contributed by atoms with Gasteiger partial charge >= 0.3 is 12.4 Å². The van der Waals surface area contributed by atoms with Crippen molar-refractivity contribution in [3.63, 3.8) is 0 Å². The molecule has 47 heavy (non-hydrogen) atoms. The summed E-state index contributed by atoms with van der Waals surface area (Å²) in [5.41, 5.74) is 8.26. The van der Waals surface area contributed by atoms with E-state index in [4.69, 9.17) is 11.4 Å². The molecular formula is C30H37F6N11. The summed E-state index contributed by atoms with van der Waals surface area (Å²) in [5, 5.41) is 19.4. The van der Waals surface area contributed by atoms with E-state index in [-0.39, 0.29) is 30.1 Å². The lowest BCUT2D eigenvalue weighted by molar-refractivity contribution is -0.143. The molecule has 1 saturated heterocycles. The Morgan fingerprint density at radius 3 is 2.19 bits per heavy atom. The van der Waals surface area contributed by atoms with Gasteiger partial charge in [-0.25, -0.2) is 5.53 Å². The highest BCUT2D eigenvalue weighted by Crippen LogP contribution is 2.43. The first kappa shape index (κ1) is 33.9. The number of fused-ring (bicyclic) bond motifs is 1. The monoisotopic (exact) mass is 665 g/mol. The Kier molecular flexibility index (Phi) is 9.63. The topological polar surface area (TPSA) is 128 Å². The van der Waals surface area contributed by atoms with E-state index in [0.29, 0.717) is 38.4 Å². The van der Waals surface area contributed by atoms with E-state index in [1.54, 1.807) is 11.9 Å². The third kappa shape index (κ3) is 7.59. The number of aryl methyl sites for hydroxylation is 3. The highest BCUT2D eigenvalue weighted by atomic mass is 19.4. The van der Waals surface area contributed by atoms with E-state index in [0.717, 1.165) is 53.9 Å². The van der Waals surface area contributed by atoms with Crippen LogP contribution >= 0.6 is 0 Å². The SMILES string of the molecule is Cc1cc(C)c2c(c1)[C@@H](N(Cc1cc(C(F)(F)F)cc(C(F)(F)F)c1)c1nnn(C)n1)CCCN2CC1CCN(C(N=N)=NN)CC1. The molecule has 0 amide bonds. The summed E-state index contributed by atoms with van der Waals surface area (Å²) in [5.74, 6) is 6.01. The second-order valence-corrected chi connectivity index (χ2v) is 12.2. The van der Waals surface area contributed by atoms with Gasteiger partial charge in [-0.1, -0.05) is 22.8 Å². The van der Waals surface area contributed by atoms with Crippen LogP contribution in [0.4, 0.5) is 38.0 Å².